The van der Waals surface area contributed by atoms with Crippen molar-refractivity contribution in [2.75, 3.05) is 12.0 Å². The Morgan fingerprint density at radius 1 is 0.605 bits per heavy atom. The van der Waals surface area contributed by atoms with Crippen molar-refractivity contribution < 1.29 is 9.53 Å². The van der Waals surface area contributed by atoms with Crippen molar-refractivity contribution in [2.24, 2.45) is 0 Å². The number of aldehydes is 1. The second-order valence-electron chi connectivity index (χ2n) is 9.12. The van der Waals surface area contributed by atoms with Gasteiger partial charge in [-0.2, -0.15) is 0 Å². The van der Waals surface area contributed by atoms with Crippen molar-refractivity contribution in [1.29, 1.82) is 0 Å². The molecule has 5 rings (SSSR count). The third-order valence-electron chi connectivity index (χ3n) is 6.53. The molecular weight excluding hydrogens is 466 g/mol. The SMILES string of the molecule is COc1ccc(N(c2ccc(C=O)cc2)c2ccc(/C=C(\c3ccccc3)c3ccc(C)cc3)cc2)cc1. The van der Waals surface area contributed by atoms with Crippen LogP contribution in [-0.2, 0) is 0 Å². The molecule has 0 atom stereocenters. The molecule has 0 amide bonds. The van der Waals surface area contributed by atoms with Crippen LogP contribution in [0.1, 0.15) is 32.6 Å². The van der Waals surface area contributed by atoms with E-state index in [0.717, 1.165) is 34.7 Å². The lowest BCUT2D eigenvalue weighted by molar-refractivity contribution is 0.112. The standard InChI is InChI=1S/C35H29NO2/c1-26-8-14-30(15-9-26)35(29-6-4-3-5-7-29)24-27-10-16-31(17-11-27)36(32-18-12-28(25-37)13-19-32)33-20-22-34(38-2)23-21-33/h3-25H,1-2H3/b35-24+. The highest BCUT2D eigenvalue weighted by molar-refractivity contribution is 5.92. The van der Waals surface area contributed by atoms with E-state index in [1.807, 2.05) is 54.6 Å². The van der Waals surface area contributed by atoms with Gasteiger partial charge < -0.3 is 9.64 Å². The molecule has 0 bridgehead atoms. The molecule has 38 heavy (non-hydrogen) atoms. The van der Waals surface area contributed by atoms with Crippen LogP contribution < -0.4 is 9.64 Å². The van der Waals surface area contributed by atoms with Gasteiger partial charge in [0.15, 0.2) is 0 Å². The monoisotopic (exact) mass is 495 g/mol. The molecule has 0 N–H and O–H groups in total. The van der Waals surface area contributed by atoms with Crippen molar-refractivity contribution in [1.82, 2.24) is 0 Å². The molecule has 3 heteroatoms. The summed E-state index contributed by atoms with van der Waals surface area (Å²) in [7, 11) is 1.66. The van der Waals surface area contributed by atoms with Gasteiger partial charge in [0.25, 0.3) is 0 Å². The van der Waals surface area contributed by atoms with Crippen LogP contribution in [0.15, 0.2) is 127 Å². The average Bonchev–Trinajstić information content (AvgIpc) is 2.98. The maximum atomic E-state index is 11.2. The number of carbonyl (C=O) groups is 1. The van der Waals surface area contributed by atoms with Gasteiger partial charge in [-0.25, -0.2) is 0 Å². The lowest BCUT2D eigenvalue weighted by Gasteiger charge is -2.26. The Bertz CT molecular complexity index is 1520. The van der Waals surface area contributed by atoms with Gasteiger partial charge in [-0.05, 0) is 95.9 Å². The first-order chi connectivity index (χ1) is 18.6. The maximum absolute atomic E-state index is 11.2. The normalized spacial score (nSPS) is 11.2. The summed E-state index contributed by atoms with van der Waals surface area (Å²) < 4.78 is 5.36. The summed E-state index contributed by atoms with van der Waals surface area (Å²) in [5.74, 6) is 0.801. The zero-order chi connectivity index (χ0) is 26.3. The van der Waals surface area contributed by atoms with E-state index in [-0.39, 0.29) is 0 Å². The number of anilines is 3. The van der Waals surface area contributed by atoms with Crippen LogP contribution in [0.5, 0.6) is 5.75 Å². The maximum Gasteiger partial charge on any atom is 0.150 e. The van der Waals surface area contributed by atoms with E-state index in [4.69, 9.17) is 4.74 Å². The average molecular weight is 496 g/mol. The fourth-order valence-electron chi connectivity index (χ4n) is 4.45. The van der Waals surface area contributed by atoms with Crippen molar-refractivity contribution >= 4 is 35.0 Å². The van der Waals surface area contributed by atoms with Gasteiger partial charge in [-0.1, -0.05) is 72.3 Å². The number of carbonyl (C=O) groups excluding carboxylic acids is 1. The van der Waals surface area contributed by atoms with Crippen LogP contribution in [0.2, 0.25) is 0 Å². The van der Waals surface area contributed by atoms with Crippen LogP contribution in [0, 0.1) is 6.92 Å². The summed E-state index contributed by atoms with van der Waals surface area (Å²) in [5, 5.41) is 0. The number of nitrogens with zero attached hydrogens (tertiary/aromatic N) is 1. The fraction of sp³-hybridized carbons (Fsp3) is 0.0571. The molecule has 0 fully saturated rings. The summed E-state index contributed by atoms with van der Waals surface area (Å²) in [6.45, 7) is 2.11. The highest BCUT2D eigenvalue weighted by atomic mass is 16.5. The van der Waals surface area contributed by atoms with E-state index >= 15 is 0 Å². The number of hydrogen-bond donors (Lipinski definition) is 0. The van der Waals surface area contributed by atoms with Gasteiger partial charge in [-0.15, -0.1) is 0 Å². The molecule has 0 aromatic heterocycles. The van der Waals surface area contributed by atoms with Gasteiger partial charge >= 0.3 is 0 Å². The summed E-state index contributed by atoms with van der Waals surface area (Å²) >= 11 is 0. The highest BCUT2D eigenvalue weighted by Crippen LogP contribution is 2.36. The van der Waals surface area contributed by atoms with Crippen molar-refractivity contribution in [2.45, 2.75) is 6.92 Å². The summed E-state index contributed by atoms with van der Waals surface area (Å²) in [4.78, 5) is 13.4. The first kappa shape index (κ1) is 24.8. The zero-order valence-corrected chi connectivity index (χ0v) is 21.5. The molecule has 0 radical (unpaired) electrons. The van der Waals surface area contributed by atoms with E-state index in [9.17, 15) is 4.79 Å². The molecule has 0 unspecified atom stereocenters. The van der Waals surface area contributed by atoms with Gasteiger partial charge in [0.05, 0.1) is 7.11 Å². The highest BCUT2D eigenvalue weighted by Gasteiger charge is 2.13. The topological polar surface area (TPSA) is 29.5 Å². The third-order valence-corrected chi connectivity index (χ3v) is 6.53. The van der Waals surface area contributed by atoms with Crippen molar-refractivity contribution in [3.8, 4) is 5.75 Å². The zero-order valence-electron chi connectivity index (χ0n) is 21.5. The molecule has 0 saturated carbocycles. The second kappa shape index (κ2) is 11.4. The summed E-state index contributed by atoms with van der Waals surface area (Å²) in [5.41, 5.74) is 9.51. The second-order valence-corrected chi connectivity index (χ2v) is 9.12. The van der Waals surface area contributed by atoms with Gasteiger partial charge in [0, 0.05) is 22.6 Å². The Morgan fingerprint density at radius 3 is 1.63 bits per heavy atom. The van der Waals surface area contributed by atoms with Crippen molar-refractivity contribution in [3.63, 3.8) is 0 Å². The number of rotatable bonds is 8. The Kier molecular flexibility index (Phi) is 7.47. The summed E-state index contributed by atoms with van der Waals surface area (Å²) in [6, 6.07) is 43.2. The minimum Gasteiger partial charge on any atom is -0.497 e. The van der Waals surface area contributed by atoms with Crippen LogP contribution >= 0.6 is 0 Å². The minimum absolute atomic E-state index is 0.647. The smallest absolute Gasteiger partial charge is 0.150 e. The molecule has 186 valence electrons. The van der Waals surface area contributed by atoms with Crippen LogP contribution in [-0.4, -0.2) is 13.4 Å². The van der Waals surface area contributed by atoms with Crippen LogP contribution in [0.25, 0.3) is 11.6 Å². The Balaban J connectivity index is 1.54. The molecule has 5 aromatic rings. The lowest BCUT2D eigenvalue weighted by Crippen LogP contribution is -2.10. The van der Waals surface area contributed by atoms with E-state index < -0.39 is 0 Å². The first-order valence-corrected chi connectivity index (χ1v) is 12.6. The predicted octanol–water partition coefficient (Wildman–Crippen LogP) is 8.87. The van der Waals surface area contributed by atoms with E-state index in [0.29, 0.717) is 5.56 Å². The van der Waals surface area contributed by atoms with Crippen LogP contribution in [0.3, 0.4) is 0 Å². The molecule has 5 aromatic carbocycles. The number of aryl methyl sites for hydroxylation is 1. The van der Waals surface area contributed by atoms with Gasteiger partial charge in [0.2, 0.25) is 0 Å². The molecule has 0 saturated heterocycles. The molecule has 0 aliphatic carbocycles. The predicted molar refractivity (Wildman–Crippen MR) is 158 cm³/mol. The number of hydrogen-bond acceptors (Lipinski definition) is 3. The van der Waals surface area contributed by atoms with E-state index in [1.165, 1.54) is 22.3 Å². The molecular formula is C35H29NO2. The molecule has 3 nitrogen and oxygen atoms in total. The first-order valence-electron chi connectivity index (χ1n) is 12.6. The van der Waals surface area contributed by atoms with Gasteiger partial charge in [0.1, 0.15) is 12.0 Å². The molecule has 0 aliphatic heterocycles. The largest absolute Gasteiger partial charge is 0.497 e. The molecule has 0 aliphatic rings. The van der Waals surface area contributed by atoms with Gasteiger partial charge in [-0.3, -0.25) is 4.79 Å². The quantitative estimate of drug-likeness (QED) is 0.159. The van der Waals surface area contributed by atoms with Crippen molar-refractivity contribution in [3.05, 3.63) is 155 Å². The molecule has 0 spiro atoms. The third kappa shape index (κ3) is 5.58. The van der Waals surface area contributed by atoms with E-state index in [1.54, 1.807) is 7.11 Å². The fourth-order valence-corrected chi connectivity index (χ4v) is 4.45. The number of methoxy groups -OCH3 is 1. The number of ether oxygens (including phenoxy) is 1. The Morgan fingerprint density at radius 2 is 1.11 bits per heavy atom. The minimum atomic E-state index is 0.647. The summed E-state index contributed by atoms with van der Waals surface area (Å²) in [6.07, 6.45) is 3.10. The molecule has 0 heterocycles. The Hall–Kier alpha value is -4.89. The van der Waals surface area contributed by atoms with Crippen LogP contribution in [0.4, 0.5) is 17.1 Å². The Labute approximate surface area is 224 Å². The number of benzene rings is 5. The lowest BCUT2D eigenvalue weighted by atomic mass is 9.95. The van der Waals surface area contributed by atoms with E-state index in [2.05, 4.69) is 90.7 Å².